The molecule has 1 aromatic heterocycles. The van der Waals surface area contributed by atoms with Gasteiger partial charge in [0.2, 0.25) is 0 Å². The molecule has 0 N–H and O–H groups in total. The van der Waals surface area contributed by atoms with Crippen LogP contribution in [0.25, 0.3) is 0 Å². The summed E-state index contributed by atoms with van der Waals surface area (Å²) in [4.78, 5) is 0. The van der Waals surface area contributed by atoms with Crippen LogP contribution in [-0.2, 0) is 0 Å². The van der Waals surface area contributed by atoms with Crippen LogP contribution in [0.15, 0.2) is 6.33 Å². The van der Waals surface area contributed by atoms with Crippen molar-refractivity contribution in [3.05, 3.63) is 6.33 Å². The van der Waals surface area contributed by atoms with Crippen LogP contribution in [0.4, 0.5) is 0 Å². The van der Waals surface area contributed by atoms with Crippen LogP contribution in [0.2, 0.25) is 0 Å². The Morgan fingerprint density at radius 1 is 1.67 bits per heavy atom. The van der Waals surface area contributed by atoms with Crippen molar-refractivity contribution in [3.8, 4) is 0 Å². The summed E-state index contributed by atoms with van der Waals surface area (Å²) in [6.45, 7) is 0. The first-order valence-corrected chi connectivity index (χ1v) is 6.91. The summed E-state index contributed by atoms with van der Waals surface area (Å²) >= 11 is 1.07. The molecule has 0 atom stereocenters. The minimum absolute atomic E-state index is 0. The van der Waals surface area contributed by atoms with Gasteiger partial charge in [0.15, 0.2) is 0 Å². The molecule has 1 aromatic rings. The molecule has 0 radical (unpaired) electrons. The quantitative estimate of drug-likeness (QED) is 0.426. The summed E-state index contributed by atoms with van der Waals surface area (Å²) in [6, 6.07) is 0. The molecule has 0 unspecified atom stereocenters. The molecule has 0 amide bonds. The molecule has 5 heteroatoms. The first-order valence-electron chi connectivity index (χ1n) is 1.05. The van der Waals surface area contributed by atoms with Crippen molar-refractivity contribution in [2.24, 2.45) is 0 Å². The Balaban J connectivity index is 0.000000250. The van der Waals surface area contributed by atoms with Gasteiger partial charge in [-0.1, -0.05) is 0 Å². The van der Waals surface area contributed by atoms with Gasteiger partial charge >= 0.3 is 40.0 Å². The van der Waals surface area contributed by atoms with Gasteiger partial charge in [0.25, 0.3) is 0 Å². The Morgan fingerprint density at radius 3 is 2.67 bits per heavy atom. The predicted molar refractivity (Wildman–Crippen MR) is 20.3 cm³/mol. The average Bonchev–Trinajstić information content (AvgIpc) is 1.76. The average molecular weight is 234 g/mol. The van der Waals surface area contributed by atoms with Crippen molar-refractivity contribution in [1.82, 2.24) is 7.96 Å². The monoisotopic (exact) mass is 236 g/mol. The minimum atomic E-state index is 0. The maximum atomic E-state index is 3.88. The van der Waals surface area contributed by atoms with E-state index in [1.165, 1.54) is 0 Å². The van der Waals surface area contributed by atoms with Crippen LogP contribution in [0.5, 0.6) is 0 Å². The van der Waals surface area contributed by atoms with Crippen LogP contribution < -0.4 is 12.4 Å². The molecule has 0 aliphatic carbocycles. The van der Waals surface area contributed by atoms with Gasteiger partial charge in [-0.15, -0.1) is 0 Å². The second kappa shape index (κ2) is 3.97. The zero-order valence-electron chi connectivity index (χ0n) is 2.67. The SMILES string of the molecule is [Cl-].c1n[se][se+]n1. The standard InChI is InChI=1S/CHN2Se2.ClH/c1-2-4-5-3-1;/h1H;1H/q+1;/p-1. The van der Waals surface area contributed by atoms with Gasteiger partial charge in [0.05, 0.1) is 0 Å². The van der Waals surface area contributed by atoms with Crippen LogP contribution in [0, 0.1) is 0 Å². The van der Waals surface area contributed by atoms with E-state index in [4.69, 9.17) is 0 Å². The number of rotatable bonds is 0. The van der Waals surface area contributed by atoms with Crippen LogP contribution in [0.3, 0.4) is 0 Å². The summed E-state index contributed by atoms with van der Waals surface area (Å²) in [7, 11) is 0. The van der Waals surface area contributed by atoms with E-state index in [1.54, 1.807) is 6.33 Å². The van der Waals surface area contributed by atoms with E-state index in [2.05, 4.69) is 7.96 Å². The van der Waals surface area contributed by atoms with Gasteiger partial charge < -0.3 is 12.4 Å². The molecule has 6 heavy (non-hydrogen) atoms. The van der Waals surface area contributed by atoms with Crippen molar-refractivity contribution >= 4 is 25.7 Å². The van der Waals surface area contributed by atoms with Crippen molar-refractivity contribution < 1.29 is 12.4 Å². The van der Waals surface area contributed by atoms with E-state index < -0.39 is 0 Å². The third-order valence-electron chi connectivity index (χ3n) is 0.214. The van der Waals surface area contributed by atoms with E-state index in [9.17, 15) is 0 Å². The molecule has 0 saturated carbocycles. The van der Waals surface area contributed by atoms with E-state index >= 15 is 0 Å². The molecule has 0 spiro atoms. The third kappa shape index (κ3) is 2.06. The Hall–Kier alpha value is 0.799. The molecule has 0 aliphatic heterocycles. The van der Waals surface area contributed by atoms with E-state index in [1.807, 2.05) is 0 Å². The van der Waals surface area contributed by atoms with Crippen LogP contribution in [-0.4, -0.2) is 33.7 Å². The molecular weight excluding hydrogens is 233 g/mol. The molecule has 1 rings (SSSR count). The van der Waals surface area contributed by atoms with Gasteiger partial charge in [-0.3, -0.25) is 0 Å². The van der Waals surface area contributed by atoms with E-state index in [-0.39, 0.29) is 12.4 Å². The molecule has 0 saturated heterocycles. The normalized spacial score (nSPS) is 6.67. The Bertz CT molecular complexity index is 68.0. The number of aromatic nitrogens is 2. The fourth-order valence-corrected chi connectivity index (χ4v) is 2.60. The zero-order chi connectivity index (χ0) is 3.54. The fraction of sp³-hybridized carbons (Fsp3) is 0. The van der Waals surface area contributed by atoms with Crippen LogP contribution in [0.1, 0.15) is 0 Å². The molecule has 0 aromatic carbocycles. The third-order valence-corrected chi connectivity index (χ3v) is 3.71. The Labute approximate surface area is 52.5 Å². The summed E-state index contributed by atoms with van der Waals surface area (Å²) in [5.41, 5.74) is 0. The predicted octanol–water partition coefficient (Wildman–Crippen LogP) is -4.12. The van der Waals surface area contributed by atoms with Crippen molar-refractivity contribution in [3.63, 3.8) is 0 Å². The molecular formula is CHClN2Se2. The summed E-state index contributed by atoms with van der Waals surface area (Å²) in [5.74, 6) is 0. The molecule has 1 heterocycles. The van der Waals surface area contributed by atoms with E-state index in [0.717, 1.165) is 0 Å². The van der Waals surface area contributed by atoms with Crippen molar-refractivity contribution in [2.75, 3.05) is 0 Å². The Kier molecular flexibility index (Phi) is 4.50. The van der Waals surface area contributed by atoms with Gasteiger partial charge in [-0.25, -0.2) is 0 Å². The first kappa shape index (κ1) is 6.80. The zero-order valence-corrected chi connectivity index (χ0v) is 6.85. The Morgan fingerprint density at radius 2 is 2.50 bits per heavy atom. The van der Waals surface area contributed by atoms with E-state index in [0.29, 0.717) is 25.7 Å². The van der Waals surface area contributed by atoms with Crippen molar-refractivity contribution in [1.29, 1.82) is 0 Å². The molecule has 0 aliphatic rings. The van der Waals surface area contributed by atoms with Gasteiger partial charge in [-0.05, 0) is 0 Å². The summed E-state index contributed by atoms with van der Waals surface area (Å²) in [5, 5.41) is 0. The fourth-order valence-electron chi connectivity index (χ4n) is 0.0962. The maximum absolute atomic E-state index is 3.88. The molecule has 0 bridgehead atoms. The topological polar surface area (TPSA) is 25.8 Å². The van der Waals surface area contributed by atoms with Gasteiger partial charge in [-0.2, -0.15) is 0 Å². The number of hydrogen-bond donors (Lipinski definition) is 0. The van der Waals surface area contributed by atoms with Gasteiger partial charge in [0, 0.05) is 0 Å². The number of hydrogen-bond acceptors (Lipinski definition) is 2. The van der Waals surface area contributed by atoms with Crippen molar-refractivity contribution in [2.45, 2.75) is 0 Å². The molecule has 2 nitrogen and oxygen atoms in total. The molecule has 34 valence electrons. The first-order chi connectivity index (χ1) is 2.50. The number of nitrogens with zero attached hydrogens (tertiary/aromatic N) is 2. The summed E-state index contributed by atoms with van der Waals surface area (Å²) in [6.07, 6.45) is 1.67. The summed E-state index contributed by atoms with van der Waals surface area (Å²) < 4.78 is 7.76. The number of halogens is 1. The van der Waals surface area contributed by atoms with Crippen LogP contribution >= 0.6 is 0 Å². The second-order valence-corrected chi connectivity index (χ2v) is 5.24. The second-order valence-electron chi connectivity index (χ2n) is 0.475. The molecule has 0 fully saturated rings. The van der Waals surface area contributed by atoms with Gasteiger partial charge in [0.1, 0.15) is 0 Å².